The van der Waals surface area contributed by atoms with Crippen LogP contribution in [0.25, 0.3) is 0 Å². The molecule has 1 aliphatic rings. The highest BCUT2D eigenvalue weighted by Crippen LogP contribution is 2.24. The van der Waals surface area contributed by atoms with E-state index in [4.69, 9.17) is 16.3 Å². The Labute approximate surface area is 115 Å². The van der Waals surface area contributed by atoms with Crippen LogP contribution in [0, 0.1) is 0 Å². The van der Waals surface area contributed by atoms with Crippen LogP contribution in [-0.2, 0) is 9.53 Å². The van der Waals surface area contributed by atoms with Crippen molar-refractivity contribution in [2.75, 3.05) is 13.7 Å². The van der Waals surface area contributed by atoms with Gasteiger partial charge in [0.2, 0.25) is 0 Å². The minimum Gasteiger partial charge on any atom is -0.483 e. The van der Waals surface area contributed by atoms with Gasteiger partial charge in [0.05, 0.1) is 7.11 Å². The van der Waals surface area contributed by atoms with Crippen molar-refractivity contribution in [2.45, 2.75) is 18.9 Å². The SMILES string of the molecule is COC(=O)c1cc(Cl)ccc1OCC(=O)NC1CC1. The van der Waals surface area contributed by atoms with Gasteiger partial charge in [-0.05, 0) is 31.0 Å². The van der Waals surface area contributed by atoms with E-state index < -0.39 is 5.97 Å². The molecule has 0 bridgehead atoms. The van der Waals surface area contributed by atoms with Crippen LogP contribution in [-0.4, -0.2) is 31.6 Å². The molecule has 1 saturated carbocycles. The highest BCUT2D eigenvalue weighted by molar-refractivity contribution is 6.31. The lowest BCUT2D eigenvalue weighted by atomic mass is 10.2. The molecule has 5 nitrogen and oxygen atoms in total. The lowest BCUT2D eigenvalue weighted by molar-refractivity contribution is -0.123. The van der Waals surface area contributed by atoms with E-state index >= 15 is 0 Å². The summed E-state index contributed by atoms with van der Waals surface area (Å²) in [5.41, 5.74) is 0.203. The molecule has 0 radical (unpaired) electrons. The van der Waals surface area contributed by atoms with Gasteiger partial charge in [-0.25, -0.2) is 4.79 Å². The molecule has 0 saturated heterocycles. The van der Waals surface area contributed by atoms with E-state index in [1.54, 1.807) is 12.1 Å². The van der Waals surface area contributed by atoms with Crippen molar-refractivity contribution in [1.29, 1.82) is 0 Å². The van der Waals surface area contributed by atoms with Gasteiger partial charge in [0, 0.05) is 11.1 Å². The Balaban J connectivity index is 2.01. The second kappa shape index (κ2) is 5.93. The molecule has 19 heavy (non-hydrogen) atoms. The van der Waals surface area contributed by atoms with Gasteiger partial charge in [-0.15, -0.1) is 0 Å². The first-order chi connectivity index (χ1) is 9.10. The number of carbonyl (C=O) groups is 2. The number of hydrogen-bond acceptors (Lipinski definition) is 4. The Kier molecular flexibility index (Phi) is 4.27. The van der Waals surface area contributed by atoms with E-state index in [0.717, 1.165) is 12.8 Å². The smallest absolute Gasteiger partial charge is 0.341 e. The van der Waals surface area contributed by atoms with Gasteiger partial charge < -0.3 is 14.8 Å². The first-order valence-corrected chi connectivity index (χ1v) is 6.28. The molecule has 102 valence electrons. The topological polar surface area (TPSA) is 64.6 Å². The normalized spacial score (nSPS) is 13.8. The van der Waals surface area contributed by atoms with Crippen molar-refractivity contribution in [2.24, 2.45) is 0 Å². The zero-order valence-corrected chi connectivity index (χ0v) is 11.2. The average Bonchev–Trinajstić information content (AvgIpc) is 3.20. The summed E-state index contributed by atoms with van der Waals surface area (Å²) in [5.74, 6) is -0.476. The van der Waals surface area contributed by atoms with Crippen LogP contribution in [0.15, 0.2) is 18.2 Å². The third kappa shape index (κ3) is 3.86. The zero-order chi connectivity index (χ0) is 13.8. The molecular formula is C13H14ClNO4. The average molecular weight is 284 g/mol. The Morgan fingerprint density at radius 3 is 2.79 bits per heavy atom. The van der Waals surface area contributed by atoms with Crippen molar-refractivity contribution in [3.8, 4) is 5.75 Å². The highest BCUT2D eigenvalue weighted by atomic mass is 35.5. The van der Waals surface area contributed by atoms with Crippen molar-refractivity contribution in [1.82, 2.24) is 5.32 Å². The molecule has 1 aliphatic carbocycles. The van der Waals surface area contributed by atoms with E-state index in [0.29, 0.717) is 5.02 Å². The summed E-state index contributed by atoms with van der Waals surface area (Å²) in [4.78, 5) is 23.1. The molecule has 1 aromatic rings. The van der Waals surface area contributed by atoms with Crippen LogP contribution in [0.1, 0.15) is 23.2 Å². The van der Waals surface area contributed by atoms with Crippen molar-refractivity contribution in [3.05, 3.63) is 28.8 Å². The maximum absolute atomic E-state index is 11.6. The molecular weight excluding hydrogens is 270 g/mol. The quantitative estimate of drug-likeness (QED) is 0.837. The van der Waals surface area contributed by atoms with E-state index in [1.807, 2.05) is 0 Å². The number of hydrogen-bond donors (Lipinski definition) is 1. The number of carbonyl (C=O) groups excluding carboxylic acids is 2. The summed E-state index contributed by atoms with van der Waals surface area (Å²) in [6.45, 7) is -0.137. The molecule has 0 spiro atoms. The minimum absolute atomic E-state index is 0.137. The van der Waals surface area contributed by atoms with Gasteiger partial charge in [0.1, 0.15) is 11.3 Å². The molecule has 1 N–H and O–H groups in total. The van der Waals surface area contributed by atoms with E-state index in [1.165, 1.54) is 13.2 Å². The molecule has 0 heterocycles. The monoisotopic (exact) mass is 283 g/mol. The fourth-order valence-electron chi connectivity index (χ4n) is 1.54. The predicted molar refractivity (Wildman–Crippen MR) is 69.5 cm³/mol. The van der Waals surface area contributed by atoms with Gasteiger partial charge in [0.15, 0.2) is 6.61 Å². The summed E-state index contributed by atoms with van der Waals surface area (Å²) >= 11 is 5.82. The van der Waals surface area contributed by atoms with Crippen LogP contribution in [0.3, 0.4) is 0 Å². The molecule has 0 aromatic heterocycles. The van der Waals surface area contributed by atoms with Crippen molar-refractivity contribution < 1.29 is 19.1 Å². The third-order valence-electron chi connectivity index (χ3n) is 2.65. The lowest BCUT2D eigenvalue weighted by Crippen LogP contribution is -2.30. The fourth-order valence-corrected chi connectivity index (χ4v) is 1.71. The van der Waals surface area contributed by atoms with Crippen LogP contribution in [0.2, 0.25) is 5.02 Å². The molecule has 1 amide bonds. The van der Waals surface area contributed by atoms with Crippen LogP contribution in [0.5, 0.6) is 5.75 Å². The summed E-state index contributed by atoms with van der Waals surface area (Å²) in [5, 5.41) is 3.19. The van der Waals surface area contributed by atoms with Gasteiger partial charge >= 0.3 is 5.97 Å². The maximum atomic E-state index is 11.6. The number of benzene rings is 1. The molecule has 6 heteroatoms. The first kappa shape index (κ1) is 13.7. The summed E-state index contributed by atoms with van der Waals surface area (Å²) in [6.07, 6.45) is 2.03. The van der Waals surface area contributed by atoms with Crippen molar-refractivity contribution in [3.63, 3.8) is 0 Å². The molecule has 1 fully saturated rings. The predicted octanol–water partition coefficient (Wildman–Crippen LogP) is 1.78. The van der Waals surface area contributed by atoms with Gasteiger partial charge in [-0.3, -0.25) is 4.79 Å². The standard InChI is InChI=1S/C13H14ClNO4/c1-18-13(17)10-6-8(14)2-5-11(10)19-7-12(16)15-9-3-4-9/h2,5-6,9H,3-4,7H2,1H3,(H,15,16). The molecule has 1 aromatic carbocycles. The number of ether oxygens (including phenoxy) is 2. The number of amides is 1. The summed E-state index contributed by atoms with van der Waals surface area (Å²) < 4.78 is 9.97. The van der Waals surface area contributed by atoms with E-state index in [9.17, 15) is 9.59 Å². The van der Waals surface area contributed by atoms with Crippen LogP contribution >= 0.6 is 11.6 Å². The van der Waals surface area contributed by atoms with Crippen LogP contribution in [0.4, 0.5) is 0 Å². The number of halogens is 1. The second-order valence-corrected chi connectivity index (χ2v) is 4.70. The van der Waals surface area contributed by atoms with Crippen LogP contribution < -0.4 is 10.1 Å². The minimum atomic E-state index is -0.555. The Bertz CT molecular complexity index is 499. The molecule has 0 unspecified atom stereocenters. The Morgan fingerprint density at radius 1 is 1.42 bits per heavy atom. The second-order valence-electron chi connectivity index (χ2n) is 4.26. The number of nitrogens with one attached hydrogen (secondary N) is 1. The zero-order valence-electron chi connectivity index (χ0n) is 10.4. The molecule has 0 atom stereocenters. The van der Waals surface area contributed by atoms with Gasteiger partial charge in [0.25, 0.3) is 5.91 Å². The molecule has 2 rings (SSSR count). The van der Waals surface area contributed by atoms with Gasteiger partial charge in [-0.1, -0.05) is 11.6 Å². The summed E-state index contributed by atoms with van der Waals surface area (Å²) in [6, 6.07) is 4.85. The first-order valence-electron chi connectivity index (χ1n) is 5.90. The maximum Gasteiger partial charge on any atom is 0.341 e. The summed E-state index contributed by atoms with van der Waals surface area (Å²) in [7, 11) is 1.27. The largest absolute Gasteiger partial charge is 0.483 e. The number of esters is 1. The Morgan fingerprint density at radius 2 is 2.16 bits per heavy atom. The number of rotatable bonds is 5. The molecule has 0 aliphatic heterocycles. The van der Waals surface area contributed by atoms with E-state index in [2.05, 4.69) is 10.1 Å². The third-order valence-corrected chi connectivity index (χ3v) is 2.88. The lowest BCUT2D eigenvalue weighted by Gasteiger charge is -2.10. The van der Waals surface area contributed by atoms with Crippen molar-refractivity contribution >= 4 is 23.5 Å². The fraction of sp³-hybridized carbons (Fsp3) is 0.385. The Hall–Kier alpha value is -1.75. The van der Waals surface area contributed by atoms with E-state index in [-0.39, 0.29) is 29.9 Å². The van der Waals surface area contributed by atoms with Gasteiger partial charge in [-0.2, -0.15) is 0 Å². The number of methoxy groups -OCH3 is 1. The highest BCUT2D eigenvalue weighted by Gasteiger charge is 2.23.